The van der Waals surface area contributed by atoms with E-state index in [0.29, 0.717) is 28.5 Å². The van der Waals surface area contributed by atoms with Gasteiger partial charge in [0.2, 0.25) is 0 Å². The van der Waals surface area contributed by atoms with Crippen molar-refractivity contribution < 1.29 is 18.0 Å². The van der Waals surface area contributed by atoms with Crippen LogP contribution in [0.4, 0.5) is 0 Å². The lowest BCUT2D eigenvalue weighted by Gasteiger charge is -2.09. The Morgan fingerprint density at radius 2 is 1.80 bits per heavy atom. The summed E-state index contributed by atoms with van der Waals surface area (Å²) in [4.78, 5) is 28.3. The molecule has 1 aromatic heterocycles. The van der Waals surface area contributed by atoms with Crippen molar-refractivity contribution in [2.75, 3.05) is 7.05 Å². The first kappa shape index (κ1) is 21.5. The van der Waals surface area contributed by atoms with Crippen molar-refractivity contribution >= 4 is 33.4 Å². The van der Waals surface area contributed by atoms with Gasteiger partial charge in [-0.1, -0.05) is 35.9 Å². The fraction of sp³-hybridized carbons (Fsp3) is 0.150. The molecular formula is C20H19ClN4O4S. The average Bonchev–Trinajstić information content (AvgIpc) is 3.10. The molecule has 0 bridgehead atoms. The Balaban J connectivity index is 1.79. The summed E-state index contributed by atoms with van der Waals surface area (Å²) in [5.41, 5.74) is 1.11. The Kier molecular flexibility index (Phi) is 6.23. The minimum absolute atomic E-state index is 0.0162. The summed E-state index contributed by atoms with van der Waals surface area (Å²) < 4.78 is 28.4. The third-order valence-electron chi connectivity index (χ3n) is 4.37. The van der Waals surface area contributed by atoms with Gasteiger partial charge in [-0.25, -0.2) is 18.1 Å². The van der Waals surface area contributed by atoms with E-state index in [0.717, 1.165) is 0 Å². The number of carbonyl (C=O) groups excluding carboxylic acids is 2. The molecule has 0 spiro atoms. The Labute approximate surface area is 178 Å². The highest BCUT2D eigenvalue weighted by atomic mass is 35.5. The van der Waals surface area contributed by atoms with Crippen molar-refractivity contribution in [3.05, 3.63) is 82.4 Å². The Morgan fingerprint density at radius 1 is 1.10 bits per heavy atom. The number of carbonyl (C=O) groups is 2. The molecule has 2 N–H and O–H groups in total. The summed E-state index contributed by atoms with van der Waals surface area (Å²) in [7, 11) is -2.47. The second-order valence-electron chi connectivity index (χ2n) is 6.43. The maximum atomic E-state index is 12.4. The maximum Gasteiger partial charge on any atom is 0.285 e. The third kappa shape index (κ3) is 4.69. The van der Waals surface area contributed by atoms with Gasteiger partial charge >= 0.3 is 0 Å². The van der Waals surface area contributed by atoms with Crippen molar-refractivity contribution in [1.82, 2.24) is 19.6 Å². The molecule has 10 heteroatoms. The van der Waals surface area contributed by atoms with E-state index in [2.05, 4.69) is 10.3 Å². The smallest absolute Gasteiger partial charge is 0.285 e. The summed E-state index contributed by atoms with van der Waals surface area (Å²) >= 11 is 6.28. The minimum Gasteiger partial charge on any atom is -0.355 e. The molecule has 0 saturated heterocycles. The van der Waals surface area contributed by atoms with Crippen LogP contribution in [0, 0.1) is 6.92 Å². The number of sulfonamides is 1. The summed E-state index contributed by atoms with van der Waals surface area (Å²) in [6.45, 7) is 1.99. The lowest BCUT2D eigenvalue weighted by Crippen LogP contribution is -2.30. The van der Waals surface area contributed by atoms with Crippen molar-refractivity contribution in [3.63, 3.8) is 0 Å². The van der Waals surface area contributed by atoms with E-state index in [1.165, 1.54) is 25.4 Å². The second kappa shape index (κ2) is 8.68. The van der Waals surface area contributed by atoms with Gasteiger partial charge in [0.25, 0.3) is 21.8 Å². The highest BCUT2D eigenvalue weighted by Gasteiger charge is 2.21. The van der Waals surface area contributed by atoms with E-state index in [1.807, 2.05) is 4.72 Å². The zero-order valence-electron chi connectivity index (χ0n) is 16.2. The van der Waals surface area contributed by atoms with Gasteiger partial charge in [-0.3, -0.25) is 9.59 Å². The molecule has 0 aliphatic rings. The van der Waals surface area contributed by atoms with Gasteiger partial charge in [0.1, 0.15) is 11.5 Å². The number of benzene rings is 2. The Bertz CT molecular complexity index is 1210. The minimum atomic E-state index is -4.00. The van der Waals surface area contributed by atoms with E-state index in [-0.39, 0.29) is 16.5 Å². The average molecular weight is 447 g/mol. The molecule has 0 aliphatic heterocycles. The van der Waals surface area contributed by atoms with Crippen LogP contribution in [0.25, 0.3) is 0 Å². The molecule has 0 aliphatic carbocycles. The van der Waals surface area contributed by atoms with Crippen molar-refractivity contribution in [2.24, 2.45) is 0 Å². The first-order valence-corrected chi connectivity index (χ1v) is 10.7. The van der Waals surface area contributed by atoms with E-state index in [1.54, 1.807) is 47.9 Å². The zero-order valence-corrected chi connectivity index (χ0v) is 17.8. The lowest BCUT2D eigenvalue weighted by atomic mass is 10.1. The predicted octanol–water partition coefficient (Wildman–Crippen LogP) is 2.37. The molecule has 0 atom stereocenters. The van der Waals surface area contributed by atoms with Crippen molar-refractivity contribution in [1.29, 1.82) is 0 Å². The van der Waals surface area contributed by atoms with E-state index in [4.69, 9.17) is 11.6 Å². The summed E-state index contributed by atoms with van der Waals surface area (Å²) in [6.07, 6.45) is 1.45. The summed E-state index contributed by atoms with van der Waals surface area (Å²) in [5.74, 6) is -0.577. The van der Waals surface area contributed by atoms with Crippen LogP contribution >= 0.6 is 11.6 Å². The van der Waals surface area contributed by atoms with Gasteiger partial charge in [-0.15, -0.1) is 0 Å². The number of rotatable bonds is 6. The number of aryl methyl sites for hydroxylation is 1. The molecule has 2 amide bonds. The number of halogens is 1. The van der Waals surface area contributed by atoms with Crippen LogP contribution in [0.1, 0.15) is 32.2 Å². The summed E-state index contributed by atoms with van der Waals surface area (Å²) in [5, 5.41) is 2.92. The molecule has 0 saturated carbocycles. The van der Waals surface area contributed by atoms with Gasteiger partial charge in [0.05, 0.1) is 11.4 Å². The number of aromatic nitrogens is 2. The maximum absolute atomic E-state index is 12.4. The largest absolute Gasteiger partial charge is 0.355 e. The van der Waals surface area contributed by atoms with Crippen molar-refractivity contribution in [2.45, 2.75) is 18.4 Å². The molecule has 30 heavy (non-hydrogen) atoms. The lowest BCUT2D eigenvalue weighted by molar-refractivity contribution is 0.0959. The van der Waals surface area contributed by atoms with E-state index < -0.39 is 15.9 Å². The van der Waals surface area contributed by atoms with E-state index in [9.17, 15) is 18.0 Å². The van der Waals surface area contributed by atoms with Crippen LogP contribution in [0.2, 0.25) is 5.02 Å². The van der Waals surface area contributed by atoms with Crippen molar-refractivity contribution in [3.8, 4) is 0 Å². The number of nitrogens with zero attached hydrogens (tertiary/aromatic N) is 2. The highest BCUT2D eigenvalue weighted by molar-refractivity contribution is 7.90. The third-order valence-corrected chi connectivity index (χ3v) is 6.07. The van der Waals surface area contributed by atoms with Crippen LogP contribution in [-0.2, 0) is 16.6 Å². The molecule has 1 heterocycles. The molecule has 8 nitrogen and oxygen atoms in total. The molecule has 2 aromatic carbocycles. The first-order chi connectivity index (χ1) is 14.2. The Hall–Kier alpha value is -3.17. The van der Waals surface area contributed by atoms with Crippen LogP contribution in [0.3, 0.4) is 0 Å². The molecule has 3 rings (SSSR count). The standard InChI is InChI=1S/C20H19ClN4O4S/c1-13-23-18(20(27)24-30(28,29)16-6-4-3-5-7-16)12-25(13)11-15-9-8-14(10-17(15)21)19(26)22-2/h3-10,12H,11H2,1-2H3,(H,22,26)(H,24,27). The quantitative estimate of drug-likeness (QED) is 0.604. The van der Waals surface area contributed by atoms with Crippen LogP contribution in [-0.4, -0.2) is 36.8 Å². The molecule has 3 aromatic rings. The van der Waals surface area contributed by atoms with Gasteiger partial charge < -0.3 is 9.88 Å². The van der Waals surface area contributed by atoms with Crippen LogP contribution < -0.4 is 10.0 Å². The topological polar surface area (TPSA) is 110 Å². The van der Waals surface area contributed by atoms with Gasteiger partial charge in [-0.2, -0.15) is 0 Å². The predicted molar refractivity (Wildman–Crippen MR) is 112 cm³/mol. The number of hydrogen-bond acceptors (Lipinski definition) is 5. The highest BCUT2D eigenvalue weighted by Crippen LogP contribution is 2.20. The molecular weight excluding hydrogens is 428 g/mol. The zero-order chi connectivity index (χ0) is 21.9. The fourth-order valence-electron chi connectivity index (χ4n) is 2.76. The van der Waals surface area contributed by atoms with Gasteiger partial charge in [-0.05, 0) is 36.8 Å². The molecule has 0 fully saturated rings. The first-order valence-electron chi connectivity index (χ1n) is 8.88. The second-order valence-corrected chi connectivity index (χ2v) is 8.52. The fourth-order valence-corrected chi connectivity index (χ4v) is 3.98. The number of hydrogen-bond donors (Lipinski definition) is 2. The normalized spacial score (nSPS) is 11.2. The van der Waals surface area contributed by atoms with Gasteiger partial charge in [0.15, 0.2) is 0 Å². The SMILES string of the molecule is CNC(=O)c1ccc(Cn2cc(C(=O)NS(=O)(=O)c3ccccc3)nc2C)c(Cl)c1. The van der Waals surface area contributed by atoms with Gasteiger partial charge in [0, 0.05) is 23.8 Å². The summed E-state index contributed by atoms with van der Waals surface area (Å²) in [6, 6.07) is 12.5. The monoisotopic (exact) mass is 446 g/mol. The Morgan fingerprint density at radius 3 is 2.43 bits per heavy atom. The number of nitrogens with one attached hydrogen (secondary N) is 2. The molecule has 156 valence electrons. The van der Waals surface area contributed by atoms with Crippen LogP contribution in [0.5, 0.6) is 0 Å². The van der Waals surface area contributed by atoms with Crippen LogP contribution in [0.15, 0.2) is 59.6 Å². The molecule has 0 radical (unpaired) electrons. The number of imidazole rings is 1. The molecule has 0 unspecified atom stereocenters. The van der Waals surface area contributed by atoms with E-state index >= 15 is 0 Å². The number of amides is 2.